The Hall–Kier alpha value is -2.64. The van der Waals surface area contributed by atoms with Crippen LogP contribution in [0.4, 0.5) is 22.0 Å². The molecule has 3 nitrogen and oxygen atoms in total. The summed E-state index contributed by atoms with van der Waals surface area (Å²) >= 11 is 0. The van der Waals surface area contributed by atoms with Crippen LogP contribution in [0.25, 0.3) is 0 Å². The Morgan fingerprint density at radius 2 is 1.81 bits per heavy atom. The lowest BCUT2D eigenvalue weighted by Gasteiger charge is -2.10. The van der Waals surface area contributed by atoms with Crippen LogP contribution in [0.15, 0.2) is 47.5 Å². The maximum Gasteiger partial charge on any atom is 0.416 e. The predicted molar refractivity (Wildman–Crippen MR) is 84.2 cm³/mol. The van der Waals surface area contributed by atoms with Crippen LogP contribution in [0.2, 0.25) is 0 Å². The first kappa shape index (κ1) is 18.2. The maximum atomic E-state index is 13.7. The van der Waals surface area contributed by atoms with Gasteiger partial charge in [-0.3, -0.25) is 0 Å². The summed E-state index contributed by atoms with van der Waals surface area (Å²) in [6, 6.07) is 7.80. The molecule has 2 aromatic carbocycles. The van der Waals surface area contributed by atoms with Gasteiger partial charge in [0, 0.05) is 6.42 Å². The van der Waals surface area contributed by atoms with Gasteiger partial charge in [0.15, 0.2) is 11.6 Å². The molecule has 0 aromatic heterocycles. The van der Waals surface area contributed by atoms with Gasteiger partial charge < -0.3 is 9.47 Å². The topological polar surface area (TPSA) is 30.8 Å². The highest BCUT2D eigenvalue weighted by molar-refractivity contribution is 5.95. The fourth-order valence-electron chi connectivity index (χ4n) is 2.43. The highest BCUT2D eigenvalue weighted by Crippen LogP contribution is 2.30. The van der Waals surface area contributed by atoms with Crippen LogP contribution in [0.1, 0.15) is 17.5 Å². The van der Waals surface area contributed by atoms with E-state index in [2.05, 4.69) is 4.99 Å². The molecule has 0 radical (unpaired) electrons. The van der Waals surface area contributed by atoms with Gasteiger partial charge in [0.25, 0.3) is 0 Å². The van der Waals surface area contributed by atoms with Crippen molar-refractivity contribution in [2.24, 2.45) is 4.99 Å². The smallest absolute Gasteiger partial charge is 0.416 e. The molecular weight excluding hydrogens is 357 g/mol. The number of alkyl halides is 3. The summed E-state index contributed by atoms with van der Waals surface area (Å²) < 4.78 is 75.1. The Morgan fingerprint density at radius 3 is 2.50 bits per heavy atom. The van der Waals surface area contributed by atoms with Crippen molar-refractivity contribution in [3.63, 3.8) is 0 Å². The first-order valence-electron chi connectivity index (χ1n) is 7.79. The van der Waals surface area contributed by atoms with E-state index in [0.717, 1.165) is 18.2 Å². The first-order chi connectivity index (χ1) is 12.3. The molecule has 0 amide bonds. The Bertz CT molecular complexity index is 802. The van der Waals surface area contributed by atoms with E-state index in [0.29, 0.717) is 12.2 Å². The monoisotopic (exact) mass is 371 g/mol. The average molecular weight is 371 g/mol. The Labute approximate surface area is 146 Å². The van der Waals surface area contributed by atoms with Gasteiger partial charge in [0.2, 0.25) is 5.90 Å². The second-order valence-corrected chi connectivity index (χ2v) is 5.66. The van der Waals surface area contributed by atoms with Gasteiger partial charge in [0.1, 0.15) is 12.4 Å². The molecule has 26 heavy (non-hydrogen) atoms. The zero-order chi connectivity index (χ0) is 18.7. The molecule has 3 rings (SSSR count). The predicted octanol–water partition coefficient (Wildman–Crippen LogP) is 4.60. The summed E-state index contributed by atoms with van der Waals surface area (Å²) in [5.41, 5.74) is -0.795. The van der Waals surface area contributed by atoms with Gasteiger partial charge in [0.05, 0.1) is 23.8 Å². The van der Waals surface area contributed by atoms with Crippen molar-refractivity contribution < 1.29 is 31.4 Å². The standard InChI is InChI=1S/C18H14F5NO2/c19-15-3-1-2-14(16(15)20)17-24-12(10-26-17)8-9-25-13-6-4-11(5-7-13)18(21,22)23/h1-7,12H,8-10H2. The fraction of sp³-hybridized carbons (Fsp3) is 0.278. The van der Waals surface area contributed by atoms with Gasteiger partial charge in [-0.2, -0.15) is 13.2 Å². The lowest BCUT2D eigenvalue weighted by molar-refractivity contribution is -0.137. The molecule has 0 fully saturated rings. The molecule has 1 heterocycles. The number of aliphatic imine (C=N–C) groups is 1. The number of nitrogens with zero attached hydrogens (tertiary/aromatic N) is 1. The van der Waals surface area contributed by atoms with E-state index < -0.39 is 23.4 Å². The molecule has 1 unspecified atom stereocenters. The SMILES string of the molecule is Fc1cccc(C2=NC(CCOc3ccc(C(F)(F)F)cc3)CO2)c1F. The van der Waals surface area contributed by atoms with Gasteiger partial charge in [-0.05, 0) is 36.4 Å². The van der Waals surface area contributed by atoms with E-state index in [-0.39, 0.29) is 30.7 Å². The molecule has 1 atom stereocenters. The Balaban J connectivity index is 1.55. The molecule has 0 bridgehead atoms. The summed E-state index contributed by atoms with van der Waals surface area (Å²) in [5, 5.41) is 0. The van der Waals surface area contributed by atoms with E-state index in [9.17, 15) is 22.0 Å². The molecule has 0 spiro atoms. The Kier molecular flexibility index (Phi) is 5.11. The van der Waals surface area contributed by atoms with Crippen LogP contribution >= 0.6 is 0 Å². The van der Waals surface area contributed by atoms with Gasteiger partial charge in [-0.15, -0.1) is 0 Å². The Morgan fingerprint density at radius 1 is 1.08 bits per heavy atom. The lowest BCUT2D eigenvalue weighted by Crippen LogP contribution is -2.11. The third-order valence-electron chi connectivity index (χ3n) is 3.80. The van der Waals surface area contributed by atoms with Crippen LogP contribution in [-0.2, 0) is 10.9 Å². The minimum atomic E-state index is -4.39. The van der Waals surface area contributed by atoms with Gasteiger partial charge in [-0.1, -0.05) is 6.07 Å². The number of hydrogen-bond donors (Lipinski definition) is 0. The van der Waals surface area contributed by atoms with Crippen LogP contribution in [0, 0.1) is 11.6 Å². The minimum absolute atomic E-state index is 0.0292. The summed E-state index contributed by atoms with van der Waals surface area (Å²) in [4.78, 5) is 4.20. The third kappa shape index (κ3) is 4.12. The van der Waals surface area contributed by atoms with Gasteiger partial charge in [-0.25, -0.2) is 13.8 Å². The van der Waals surface area contributed by atoms with Gasteiger partial charge >= 0.3 is 6.18 Å². The van der Waals surface area contributed by atoms with E-state index in [4.69, 9.17) is 9.47 Å². The molecule has 0 N–H and O–H groups in total. The van der Waals surface area contributed by atoms with E-state index in [1.54, 1.807) is 0 Å². The zero-order valence-electron chi connectivity index (χ0n) is 13.4. The molecule has 0 saturated carbocycles. The lowest BCUT2D eigenvalue weighted by atomic mass is 10.2. The van der Waals surface area contributed by atoms with Crippen molar-refractivity contribution in [2.75, 3.05) is 13.2 Å². The summed E-state index contributed by atoms with van der Waals surface area (Å²) in [5.74, 6) is -1.67. The zero-order valence-corrected chi connectivity index (χ0v) is 13.4. The van der Waals surface area contributed by atoms with Crippen molar-refractivity contribution in [2.45, 2.75) is 18.6 Å². The van der Waals surface area contributed by atoms with Crippen molar-refractivity contribution >= 4 is 5.90 Å². The molecule has 8 heteroatoms. The summed E-state index contributed by atoms with van der Waals surface area (Å²) in [6.45, 7) is 0.392. The van der Waals surface area contributed by atoms with Crippen molar-refractivity contribution in [1.29, 1.82) is 0 Å². The van der Waals surface area contributed by atoms with Crippen molar-refractivity contribution in [3.05, 3.63) is 65.2 Å². The molecule has 2 aromatic rings. The van der Waals surface area contributed by atoms with Crippen LogP contribution in [0.3, 0.4) is 0 Å². The molecule has 0 aliphatic carbocycles. The number of rotatable bonds is 5. The fourth-order valence-corrected chi connectivity index (χ4v) is 2.43. The molecule has 138 valence electrons. The van der Waals surface area contributed by atoms with Crippen LogP contribution < -0.4 is 4.74 Å². The molecule has 0 saturated heterocycles. The molecule has 1 aliphatic rings. The first-order valence-corrected chi connectivity index (χ1v) is 7.79. The number of benzene rings is 2. The average Bonchev–Trinajstić information content (AvgIpc) is 3.06. The second-order valence-electron chi connectivity index (χ2n) is 5.66. The van der Waals surface area contributed by atoms with Crippen LogP contribution in [0.5, 0.6) is 5.75 Å². The largest absolute Gasteiger partial charge is 0.494 e. The van der Waals surface area contributed by atoms with Crippen molar-refractivity contribution in [1.82, 2.24) is 0 Å². The number of ether oxygens (including phenoxy) is 2. The molecular formula is C18H14F5NO2. The quantitative estimate of drug-likeness (QED) is 0.720. The summed E-state index contributed by atoms with van der Waals surface area (Å²) in [7, 11) is 0. The number of halogens is 5. The van der Waals surface area contributed by atoms with E-state index in [1.807, 2.05) is 0 Å². The minimum Gasteiger partial charge on any atom is -0.494 e. The third-order valence-corrected chi connectivity index (χ3v) is 3.80. The van der Waals surface area contributed by atoms with Crippen molar-refractivity contribution in [3.8, 4) is 5.75 Å². The van der Waals surface area contributed by atoms with Crippen LogP contribution in [-0.4, -0.2) is 25.2 Å². The molecule has 1 aliphatic heterocycles. The van der Waals surface area contributed by atoms with E-state index >= 15 is 0 Å². The second kappa shape index (κ2) is 7.31. The van der Waals surface area contributed by atoms with E-state index in [1.165, 1.54) is 24.3 Å². The summed E-state index contributed by atoms with van der Waals surface area (Å²) in [6.07, 6.45) is -3.97. The maximum absolute atomic E-state index is 13.7. The highest BCUT2D eigenvalue weighted by Gasteiger charge is 2.30. The highest BCUT2D eigenvalue weighted by atomic mass is 19.4. The normalized spacial score (nSPS) is 17.0. The number of hydrogen-bond acceptors (Lipinski definition) is 3.